The molecule has 2 atom stereocenters. The summed E-state index contributed by atoms with van der Waals surface area (Å²) in [7, 11) is 1.65. The fraction of sp³-hybridized carbons (Fsp3) is 0.682. The van der Waals surface area contributed by atoms with Gasteiger partial charge in [0.05, 0.1) is 6.61 Å². The maximum Gasteiger partial charge on any atom is 0.256 e. The average molecular weight is 377 g/mol. The molecule has 2 rings (SSSR count). The molecule has 0 spiro atoms. The molecule has 5 nitrogen and oxygen atoms in total. The van der Waals surface area contributed by atoms with Gasteiger partial charge in [-0.05, 0) is 69.0 Å². The first-order valence-corrected chi connectivity index (χ1v) is 10.3. The van der Waals surface area contributed by atoms with Crippen molar-refractivity contribution in [3.8, 4) is 5.75 Å². The molecular weight excluding hydrogens is 340 g/mol. The van der Waals surface area contributed by atoms with Gasteiger partial charge in [0.1, 0.15) is 11.4 Å². The van der Waals surface area contributed by atoms with Crippen molar-refractivity contribution in [3.05, 3.63) is 24.3 Å². The minimum Gasteiger partial charge on any atom is -0.494 e. The van der Waals surface area contributed by atoms with Crippen LogP contribution in [0.25, 0.3) is 0 Å². The Hall–Kier alpha value is -1.59. The molecule has 1 aliphatic carbocycles. The van der Waals surface area contributed by atoms with Crippen molar-refractivity contribution >= 4 is 11.6 Å². The molecule has 152 valence electrons. The van der Waals surface area contributed by atoms with Gasteiger partial charge in [-0.25, -0.2) is 0 Å². The highest BCUT2D eigenvalue weighted by atomic mass is 16.5. The number of carbonyl (C=O) groups is 1. The predicted octanol–water partition coefficient (Wildman–Crippen LogP) is 4.33. The Balaban J connectivity index is 1.83. The summed E-state index contributed by atoms with van der Waals surface area (Å²) in [5.74, 6) is 1.31. The Bertz CT molecular complexity index is 571. The second kappa shape index (κ2) is 10.7. The summed E-state index contributed by atoms with van der Waals surface area (Å²) < 4.78 is 11.5. The highest BCUT2D eigenvalue weighted by Crippen LogP contribution is 2.35. The predicted molar refractivity (Wildman–Crippen MR) is 110 cm³/mol. The number of methoxy groups -OCH3 is 1. The van der Waals surface area contributed by atoms with Crippen LogP contribution in [0.3, 0.4) is 0 Å². The van der Waals surface area contributed by atoms with Gasteiger partial charge >= 0.3 is 0 Å². The molecule has 0 heterocycles. The highest BCUT2D eigenvalue weighted by molar-refractivity contribution is 5.97. The summed E-state index contributed by atoms with van der Waals surface area (Å²) in [5.41, 5.74) is 0.0854. The molecule has 1 N–H and O–H groups in total. The molecule has 0 bridgehead atoms. The van der Waals surface area contributed by atoms with Crippen LogP contribution in [0.2, 0.25) is 0 Å². The number of hydrogen-bond donors (Lipinski definition) is 1. The standard InChI is InChI=1S/C22H36N2O3/c1-5-24(6-2)15-8-16-27-20-12-10-19(11-13-20)23-21(25)22(26-4)14-7-9-18(3)17-22/h10-13,18H,5-9,14-17H2,1-4H3,(H,23,25). The van der Waals surface area contributed by atoms with Crippen molar-refractivity contribution in [3.63, 3.8) is 0 Å². The Morgan fingerprint density at radius 3 is 2.56 bits per heavy atom. The molecular formula is C22H36N2O3. The molecule has 27 heavy (non-hydrogen) atoms. The maximum absolute atomic E-state index is 12.8. The highest BCUT2D eigenvalue weighted by Gasteiger charge is 2.41. The van der Waals surface area contributed by atoms with Gasteiger partial charge in [-0.3, -0.25) is 4.79 Å². The summed E-state index contributed by atoms with van der Waals surface area (Å²) in [6.07, 6.45) is 4.77. The molecule has 1 amide bonds. The third-order valence-corrected chi connectivity index (χ3v) is 5.65. The van der Waals surface area contributed by atoms with Gasteiger partial charge in [-0.2, -0.15) is 0 Å². The van der Waals surface area contributed by atoms with Crippen LogP contribution in [0.4, 0.5) is 5.69 Å². The summed E-state index contributed by atoms with van der Waals surface area (Å²) in [6.45, 7) is 10.5. The third kappa shape index (κ3) is 6.22. The molecule has 1 aliphatic rings. The molecule has 0 aromatic heterocycles. The minimum absolute atomic E-state index is 0.0376. The number of hydrogen-bond acceptors (Lipinski definition) is 4. The summed E-state index contributed by atoms with van der Waals surface area (Å²) in [4.78, 5) is 15.2. The van der Waals surface area contributed by atoms with Crippen molar-refractivity contribution in [2.24, 2.45) is 5.92 Å². The van der Waals surface area contributed by atoms with E-state index in [0.717, 1.165) is 56.8 Å². The van der Waals surface area contributed by atoms with E-state index in [2.05, 4.69) is 31.0 Å². The lowest BCUT2D eigenvalue weighted by Gasteiger charge is -2.37. The van der Waals surface area contributed by atoms with Crippen molar-refractivity contribution in [1.82, 2.24) is 4.90 Å². The zero-order valence-electron chi connectivity index (χ0n) is 17.4. The SMILES string of the molecule is CCN(CC)CCCOc1ccc(NC(=O)C2(OC)CCCC(C)C2)cc1. The van der Waals surface area contributed by atoms with Crippen LogP contribution < -0.4 is 10.1 Å². The van der Waals surface area contributed by atoms with E-state index < -0.39 is 5.60 Å². The third-order valence-electron chi connectivity index (χ3n) is 5.65. The lowest BCUT2D eigenvalue weighted by molar-refractivity contribution is -0.143. The molecule has 1 aromatic rings. The molecule has 0 aliphatic heterocycles. The van der Waals surface area contributed by atoms with Gasteiger partial charge < -0.3 is 19.7 Å². The van der Waals surface area contributed by atoms with Crippen LogP contribution in [-0.4, -0.2) is 49.8 Å². The van der Waals surface area contributed by atoms with Crippen LogP contribution in [0.5, 0.6) is 5.75 Å². The number of benzene rings is 1. The van der Waals surface area contributed by atoms with Crippen molar-refractivity contribution < 1.29 is 14.3 Å². The number of ether oxygens (including phenoxy) is 2. The van der Waals surface area contributed by atoms with E-state index in [0.29, 0.717) is 12.5 Å². The first-order valence-electron chi connectivity index (χ1n) is 10.3. The largest absolute Gasteiger partial charge is 0.494 e. The number of nitrogens with zero attached hydrogens (tertiary/aromatic N) is 1. The van der Waals surface area contributed by atoms with Crippen LogP contribution in [-0.2, 0) is 9.53 Å². The van der Waals surface area contributed by atoms with Gasteiger partial charge in [0, 0.05) is 19.3 Å². The molecule has 0 saturated heterocycles. The topological polar surface area (TPSA) is 50.8 Å². The average Bonchev–Trinajstić information content (AvgIpc) is 2.69. The van der Waals surface area contributed by atoms with E-state index in [1.165, 1.54) is 6.42 Å². The zero-order chi connectivity index (χ0) is 19.7. The van der Waals surface area contributed by atoms with Crippen molar-refractivity contribution in [2.75, 3.05) is 38.7 Å². The molecule has 1 aromatic carbocycles. The molecule has 2 unspecified atom stereocenters. The van der Waals surface area contributed by atoms with Crippen LogP contribution in [0.15, 0.2) is 24.3 Å². The molecule has 5 heteroatoms. The molecule has 0 radical (unpaired) electrons. The lowest BCUT2D eigenvalue weighted by atomic mass is 9.78. The Kier molecular flexibility index (Phi) is 8.58. The van der Waals surface area contributed by atoms with Gasteiger partial charge in [-0.15, -0.1) is 0 Å². The van der Waals surface area contributed by atoms with Crippen molar-refractivity contribution in [1.29, 1.82) is 0 Å². The van der Waals surface area contributed by atoms with E-state index in [1.807, 2.05) is 24.3 Å². The zero-order valence-corrected chi connectivity index (χ0v) is 17.4. The van der Waals surface area contributed by atoms with Crippen LogP contribution >= 0.6 is 0 Å². The number of carbonyl (C=O) groups excluding carboxylic acids is 1. The van der Waals surface area contributed by atoms with E-state index >= 15 is 0 Å². The van der Waals surface area contributed by atoms with E-state index in [-0.39, 0.29) is 5.91 Å². The van der Waals surface area contributed by atoms with Crippen molar-refractivity contribution in [2.45, 2.75) is 58.5 Å². The van der Waals surface area contributed by atoms with E-state index in [9.17, 15) is 4.79 Å². The second-order valence-corrected chi connectivity index (χ2v) is 7.61. The normalized spacial score (nSPS) is 22.6. The Morgan fingerprint density at radius 1 is 1.26 bits per heavy atom. The summed E-state index contributed by atoms with van der Waals surface area (Å²) >= 11 is 0. The Labute approximate surface area is 164 Å². The Morgan fingerprint density at radius 2 is 1.96 bits per heavy atom. The quantitative estimate of drug-likeness (QED) is 0.618. The lowest BCUT2D eigenvalue weighted by Crippen LogP contribution is -2.47. The first-order chi connectivity index (χ1) is 13.0. The number of amides is 1. The monoisotopic (exact) mass is 376 g/mol. The summed E-state index contributed by atoms with van der Waals surface area (Å²) in [5, 5.41) is 3.02. The van der Waals surface area contributed by atoms with Crippen LogP contribution in [0, 0.1) is 5.92 Å². The molecule has 1 fully saturated rings. The van der Waals surface area contributed by atoms with Gasteiger partial charge in [0.25, 0.3) is 5.91 Å². The minimum atomic E-state index is -0.697. The number of nitrogens with one attached hydrogen (secondary N) is 1. The van der Waals surface area contributed by atoms with Gasteiger partial charge in [0.15, 0.2) is 0 Å². The van der Waals surface area contributed by atoms with Gasteiger partial charge in [-0.1, -0.05) is 27.2 Å². The van der Waals surface area contributed by atoms with Gasteiger partial charge in [0.2, 0.25) is 0 Å². The smallest absolute Gasteiger partial charge is 0.256 e. The number of anilines is 1. The van der Waals surface area contributed by atoms with Crippen LogP contribution in [0.1, 0.15) is 52.9 Å². The fourth-order valence-corrected chi connectivity index (χ4v) is 3.88. The summed E-state index contributed by atoms with van der Waals surface area (Å²) in [6, 6.07) is 7.62. The maximum atomic E-state index is 12.8. The van der Waals surface area contributed by atoms with E-state index in [4.69, 9.17) is 9.47 Å². The van der Waals surface area contributed by atoms with E-state index in [1.54, 1.807) is 7.11 Å². The fourth-order valence-electron chi connectivity index (χ4n) is 3.88. The molecule has 1 saturated carbocycles. The second-order valence-electron chi connectivity index (χ2n) is 7.61. The number of rotatable bonds is 10. The first kappa shape index (κ1) is 21.7.